The number of anilines is 1. The van der Waals surface area contributed by atoms with Crippen LogP contribution >= 0.6 is 0 Å². The van der Waals surface area contributed by atoms with Gasteiger partial charge in [0.1, 0.15) is 21.6 Å². The molecule has 0 radical (unpaired) electrons. The third-order valence-electron chi connectivity index (χ3n) is 9.74. The molecule has 0 fully saturated rings. The Hall–Kier alpha value is -4.80. The number of alkyl halides is 1. The van der Waals surface area contributed by atoms with Crippen molar-refractivity contribution < 1.29 is 18.1 Å². The van der Waals surface area contributed by atoms with Gasteiger partial charge in [0, 0.05) is 31.5 Å². The molecular formula is C38H36FN5O3S. The summed E-state index contributed by atoms with van der Waals surface area (Å²) in [5.74, 6) is -0.443. The van der Waals surface area contributed by atoms with E-state index in [2.05, 4.69) is 21.2 Å². The highest BCUT2D eigenvalue weighted by Gasteiger charge is 2.43. The Morgan fingerprint density at radius 2 is 1.50 bits per heavy atom. The number of aryl methyl sites for hydroxylation is 2. The Kier molecular flexibility index (Phi) is 7.64. The number of carbonyl (C=O) groups excluding carboxylic acids is 1. The van der Waals surface area contributed by atoms with Crippen molar-refractivity contribution in [3.8, 4) is 5.88 Å². The minimum atomic E-state index is -4.04. The number of amides is 1. The van der Waals surface area contributed by atoms with Crippen LogP contribution in [0.2, 0.25) is 0 Å². The first-order chi connectivity index (χ1) is 23.3. The van der Waals surface area contributed by atoms with Crippen LogP contribution in [0, 0.1) is 4.78 Å². The molecule has 2 heterocycles. The summed E-state index contributed by atoms with van der Waals surface area (Å²) < 4.78 is 50.5. The van der Waals surface area contributed by atoms with Crippen molar-refractivity contribution in [2.45, 2.75) is 61.7 Å². The smallest absolute Gasteiger partial charge is 0.277 e. The molecule has 1 aromatic heterocycles. The van der Waals surface area contributed by atoms with Gasteiger partial charge in [-0.1, -0.05) is 97.1 Å². The molecule has 10 heteroatoms. The van der Waals surface area contributed by atoms with E-state index >= 15 is 4.21 Å². The molecule has 4 aromatic carbocycles. The fourth-order valence-electron chi connectivity index (χ4n) is 7.64. The first-order valence-electron chi connectivity index (χ1n) is 16.4. The minimum absolute atomic E-state index is 0.0977. The first-order valence-corrected chi connectivity index (χ1v) is 18.0. The number of benzene rings is 4. The maximum atomic E-state index is 15.2. The zero-order chi connectivity index (χ0) is 32.9. The monoisotopic (exact) mass is 661 g/mol. The van der Waals surface area contributed by atoms with Gasteiger partial charge in [-0.25, -0.2) is 22.8 Å². The second kappa shape index (κ2) is 12.0. The maximum Gasteiger partial charge on any atom is 0.277 e. The molecule has 2 aliphatic carbocycles. The molecule has 1 aliphatic heterocycles. The van der Waals surface area contributed by atoms with Crippen molar-refractivity contribution in [1.82, 2.24) is 14.5 Å². The SMILES string of the molecule is N=S(=O)(NC(c1ccccc1)(c1ccccc1)c1ccccc1)c1c(C(=O)Nc2c3c(cc4c2C[C@@H](F)C4)CCC3)nn2c1OCCC2. The lowest BCUT2D eigenvalue weighted by molar-refractivity contribution is 0.101. The van der Waals surface area contributed by atoms with Crippen LogP contribution in [0.5, 0.6) is 5.88 Å². The first kappa shape index (κ1) is 30.5. The maximum absolute atomic E-state index is 15.2. The highest BCUT2D eigenvalue weighted by atomic mass is 32.2. The largest absolute Gasteiger partial charge is 0.477 e. The number of fused-ring (bicyclic) bond motifs is 3. The van der Waals surface area contributed by atoms with E-state index in [0.29, 0.717) is 31.7 Å². The summed E-state index contributed by atoms with van der Waals surface area (Å²) in [6, 6.07) is 30.9. The number of ether oxygens (including phenoxy) is 1. The van der Waals surface area contributed by atoms with Gasteiger partial charge in [-0.15, -0.1) is 0 Å². The number of hydrogen-bond acceptors (Lipinski definition) is 5. The zero-order valence-electron chi connectivity index (χ0n) is 26.4. The van der Waals surface area contributed by atoms with Gasteiger partial charge in [-0.2, -0.15) is 5.10 Å². The van der Waals surface area contributed by atoms with Crippen molar-refractivity contribution in [3.63, 3.8) is 0 Å². The van der Waals surface area contributed by atoms with Crippen molar-refractivity contribution in [1.29, 1.82) is 4.78 Å². The van der Waals surface area contributed by atoms with Crippen LogP contribution < -0.4 is 14.8 Å². The number of halogens is 1. The molecule has 0 spiro atoms. The highest BCUT2D eigenvalue weighted by molar-refractivity contribution is 7.90. The molecule has 3 N–H and O–H groups in total. The standard InChI is InChI=1S/C38H36FN5O3S/c39-30-23-26-22-25-12-10-19-31(25)33(32(26)24-30)41-36(45)34-35(37-44(42-34)20-11-21-47-37)48(40,46)43-38(27-13-4-1-5-14-27,28-15-6-2-7-16-28)29-17-8-3-9-18-29/h1-9,13-18,22,30H,10-12,19-21,23-24H2,(H,41,45)(H2,40,43,46)/t30-,48?/m0/s1. The lowest BCUT2D eigenvalue weighted by Crippen LogP contribution is -2.47. The summed E-state index contributed by atoms with van der Waals surface area (Å²) in [5.41, 5.74) is 5.46. The highest BCUT2D eigenvalue weighted by Crippen LogP contribution is 2.42. The van der Waals surface area contributed by atoms with E-state index in [-0.39, 0.29) is 22.9 Å². The Morgan fingerprint density at radius 1 is 0.875 bits per heavy atom. The van der Waals surface area contributed by atoms with Crippen LogP contribution in [0.4, 0.5) is 10.1 Å². The van der Waals surface area contributed by atoms with Gasteiger partial charge in [0.15, 0.2) is 10.6 Å². The summed E-state index contributed by atoms with van der Waals surface area (Å²) in [5, 5.41) is 7.72. The summed E-state index contributed by atoms with van der Waals surface area (Å²) >= 11 is 0. The number of aromatic nitrogens is 2. The Balaban J connectivity index is 1.28. The lowest BCUT2D eigenvalue weighted by Gasteiger charge is -2.37. The topological polar surface area (TPSA) is 109 Å². The molecule has 0 saturated heterocycles. The van der Waals surface area contributed by atoms with E-state index in [1.165, 1.54) is 4.68 Å². The van der Waals surface area contributed by atoms with E-state index in [4.69, 9.17) is 4.74 Å². The van der Waals surface area contributed by atoms with Crippen LogP contribution in [-0.4, -0.2) is 32.7 Å². The summed E-state index contributed by atoms with van der Waals surface area (Å²) in [6.45, 7) is 0.792. The summed E-state index contributed by atoms with van der Waals surface area (Å²) in [7, 11) is -4.04. The third-order valence-corrected chi connectivity index (χ3v) is 11.3. The minimum Gasteiger partial charge on any atom is -0.477 e. The van der Waals surface area contributed by atoms with Crippen molar-refractivity contribution >= 4 is 21.5 Å². The van der Waals surface area contributed by atoms with Crippen LogP contribution in [0.1, 0.15) is 62.3 Å². The van der Waals surface area contributed by atoms with E-state index < -0.39 is 27.5 Å². The number of nitrogens with one attached hydrogen (secondary N) is 3. The van der Waals surface area contributed by atoms with E-state index in [1.54, 1.807) is 0 Å². The van der Waals surface area contributed by atoms with Crippen molar-refractivity contribution in [2.24, 2.45) is 0 Å². The van der Waals surface area contributed by atoms with Crippen LogP contribution in [0.25, 0.3) is 0 Å². The molecule has 244 valence electrons. The van der Waals surface area contributed by atoms with Gasteiger partial charge in [-0.3, -0.25) is 4.79 Å². The molecule has 8 nitrogen and oxygen atoms in total. The normalized spacial score (nSPS) is 17.9. The van der Waals surface area contributed by atoms with Gasteiger partial charge in [0.05, 0.1) is 6.61 Å². The van der Waals surface area contributed by atoms with Gasteiger partial charge in [-0.05, 0) is 58.2 Å². The van der Waals surface area contributed by atoms with Gasteiger partial charge < -0.3 is 10.1 Å². The van der Waals surface area contributed by atoms with Crippen LogP contribution in [-0.2, 0) is 47.7 Å². The number of hydrogen-bond donors (Lipinski definition) is 3. The second-order valence-electron chi connectivity index (χ2n) is 12.8. The Bertz CT molecular complexity index is 2020. The zero-order valence-corrected chi connectivity index (χ0v) is 27.2. The van der Waals surface area contributed by atoms with Crippen molar-refractivity contribution in [2.75, 3.05) is 11.9 Å². The van der Waals surface area contributed by atoms with Crippen LogP contribution in [0.15, 0.2) is 102 Å². The van der Waals surface area contributed by atoms with Gasteiger partial charge in [0.25, 0.3) is 5.91 Å². The van der Waals surface area contributed by atoms with Crippen molar-refractivity contribution in [3.05, 3.63) is 142 Å². The van der Waals surface area contributed by atoms with E-state index in [0.717, 1.165) is 58.2 Å². The van der Waals surface area contributed by atoms with Crippen LogP contribution in [0.3, 0.4) is 0 Å². The number of nitrogens with zero attached hydrogens (tertiary/aromatic N) is 2. The third kappa shape index (κ3) is 5.11. The second-order valence-corrected chi connectivity index (χ2v) is 14.5. The molecule has 8 rings (SSSR count). The predicted octanol–water partition coefficient (Wildman–Crippen LogP) is 6.75. The van der Waals surface area contributed by atoms with E-state index in [9.17, 15) is 14.0 Å². The fraction of sp³-hybridized carbons (Fsp3) is 0.263. The number of rotatable bonds is 8. The predicted molar refractivity (Wildman–Crippen MR) is 183 cm³/mol. The quantitative estimate of drug-likeness (QED) is 0.160. The molecule has 1 unspecified atom stereocenters. The molecule has 48 heavy (non-hydrogen) atoms. The molecule has 0 bridgehead atoms. The summed E-state index contributed by atoms with van der Waals surface area (Å²) in [6.07, 6.45) is 2.85. The molecule has 2 atom stereocenters. The molecule has 1 amide bonds. The van der Waals surface area contributed by atoms with Gasteiger partial charge >= 0.3 is 0 Å². The molecule has 0 saturated carbocycles. The lowest BCUT2D eigenvalue weighted by atomic mass is 9.78. The summed E-state index contributed by atoms with van der Waals surface area (Å²) in [4.78, 5) is 14.3. The Labute approximate surface area is 279 Å². The molecule has 3 aliphatic rings. The average Bonchev–Trinajstić information content (AvgIpc) is 3.85. The molecule has 5 aromatic rings. The Morgan fingerprint density at radius 3 is 2.12 bits per heavy atom. The average molecular weight is 662 g/mol. The van der Waals surface area contributed by atoms with E-state index in [1.807, 2.05) is 91.0 Å². The fourth-order valence-corrected chi connectivity index (χ4v) is 9.35. The number of carbonyl (C=O) groups is 1. The molecular weight excluding hydrogens is 626 g/mol. The van der Waals surface area contributed by atoms with Gasteiger partial charge in [0.2, 0.25) is 5.88 Å².